The van der Waals surface area contributed by atoms with Crippen LogP contribution >= 0.6 is 11.3 Å². The zero-order valence-electron chi connectivity index (χ0n) is 9.88. The molecule has 0 fully saturated rings. The van der Waals surface area contributed by atoms with Crippen molar-refractivity contribution in [1.29, 1.82) is 0 Å². The molecule has 0 aliphatic heterocycles. The summed E-state index contributed by atoms with van der Waals surface area (Å²) in [6.45, 7) is 4.12. The van der Waals surface area contributed by atoms with Crippen molar-refractivity contribution in [1.82, 2.24) is 4.57 Å². The molecule has 1 atom stereocenters. The molecule has 90 valence electrons. The molecule has 0 spiro atoms. The van der Waals surface area contributed by atoms with Crippen LogP contribution in [0.3, 0.4) is 0 Å². The van der Waals surface area contributed by atoms with E-state index in [4.69, 9.17) is 5.11 Å². The highest BCUT2D eigenvalue weighted by Gasteiger charge is 2.14. The van der Waals surface area contributed by atoms with Crippen molar-refractivity contribution in [3.8, 4) is 0 Å². The average Bonchev–Trinajstić information content (AvgIpc) is 2.86. The van der Waals surface area contributed by atoms with Gasteiger partial charge in [0.05, 0.1) is 0 Å². The quantitative estimate of drug-likeness (QED) is 0.902. The fraction of sp³-hybridized carbons (Fsp3) is 0.308. The van der Waals surface area contributed by atoms with Crippen LogP contribution in [0.1, 0.15) is 33.2 Å². The predicted molar refractivity (Wildman–Crippen MR) is 68.9 cm³/mol. The Labute approximate surface area is 104 Å². The number of carboxylic acids is 1. The van der Waals surface area contributed by atoms with Crippen LogP contribution < -0.4 is 0 Å². The van der Waals surface area contributed by atoms with Gasteiger partial charge >= 0.3 is 5.97 Å². The first kappa shape index (κ1) is 11.9. The van der Waals surface area contributed by atoms with Crippen molar-refractivity contribution in [2.75, 3.05) is 0 Å². The van der Waals surface area contributed by atoms with E-state index in [0.29, 0.717) is 5.69 Å². The first-order valence-corrected chi connectivity index (χ1v) is 6.35. The number of hydrogen-bond acceptors (Lipinski definition) is 2. The summed E-state index contributed by atoms with van der Waals surface area (Å²) in [4.78, 5) is 13.6. The normalized spacial score (nSPS) is 12.6. The molecule has 1 unspecified atom stereocenters. The van der Waals surface area contributed by atoms with Gasteiger partial charge in [-0.05, 0) is 38.1 Å². The number of aryl methyl sites for hydroxylation is 1. The van der Waals surface area contributed by atoms with Gasteiger partial charge in [0.1, 0.15) is 5.69 Å². The Balaban J connectivity index is 2.17. The number of aromatic nitrogens is 1. The molecule has 2 aromatic heterocycles. The van der Waals surface area contributed by atoms with E-state index in [1.54, 1.807) is 23.5 Å². The third kappa shape index (κ3) is 2.58. The van der Waals surface area contributed by atoms with Gasteiger partial charge in [-0.15, -0.1) is 11.3 Å². The fourth-order valence-electron chi connectivity index (χ4n) is 1.94. The van der Waals surface area contributed by atoms with Crippen LogP contribution in [0.15, 0.2) is 30.5 Å². The fourth-order valence-corrected chi connectivity index (χ4v) is 2.95. The molecule has 17 heavy (non-hydrogen) atoms. The Bertz CT molecular complexity index is 527. The molecule has 0 aromatic carbocycles. The maximum atomic E-state index is 11.0. The Morgan fingerprint density at radius 3 is 2.82 bits per heavy atom. The van der Waals surface area contributed by atoms with Crippen molar-refractivity contribution in [2.24, 2.45) is 0 Å². The molecule has 1 N–H and O–H groups in total. The molecule has 2 aromatic rings. The average molecular weight is 249 g/mol. The van der Waals surface area contributed by atoms with Gasteiger partial charge in [-0.25, -0.2) is 4.79 Å². The Morgan fingerprint density at radius 1 is 1.47 bits per heavy atom. The van der Waals surface area contributed by atoms with E-state index in [-0.39, 0.29) is 6.04 Å². The number of rotatable bonds is 4. The zero-order valence-corrected chi connectivity index (χ0v) is 10.7. The Hall–Kier alpha value is -1.55. The topological polar surface area (TPSA) is 42.2 Å². The summed E-state index contributed by atoms with van der Waals surface area (Å²) in [5.74, 6) is -0.871. The van der Waals surface area contributed by atoms with Crippen LogP contribution in [0.5, 0.6) is 0 Å². The summed E-state index contributed by atoms with van der Waals surface area (Å²) in [7, 11) is 0. The Morgan fingerprint density at radius 2 is 2.24 bits per heavy atom. The molecule has 4 heteroatoms. The molecular weight excluding hydrogens is 234 g/mol. The van der Waals surface area contributed by atoms with Crippen LogP contribution in [0, 0.1) is 6.92 Å². The van der Waals surface area contributed by atoms with Crippen molar-refractivity contribution >= 4 is 17.3 Å². The largest absolute Gasteiger partial charge is 0.477 e. The molecule has 0 aliphatic rings. The molecule has 2 rings (SSSR count). The molecular formula is C13H15NO2S. The minimum atomic E-state index is -0.871. The van der Waals surface area contributed by atoms with Gasteiger partial charge in [-0.1, -0.05) is 0 Å². The molecule has 0 bridgehead atoms. The second kappa shape index (κ2) is 4.75. The second-order valence-electron chi connectivity index (χ2n) is 4.17. The Kier molecular flexibility index (Phi) is 3.33. The first-order valence-electron chi connectivity index (χ1n) is 5.53. The van der Waals surface area contributed by atoms with Crippen molar-refractivity contribution < 1.29 is 9.90 Å². The van der Waals surface area contributed by atoms with Crippen LogP contribution in [-0.4, -0.2) is 15.6 Å². The van der Waals surface area contributed by atoms with E-state index in [1.807, 2.05) is 17.7 Å². The van der Waals surface area contributed by atoms with Crippen LogP contribution in [0.25, 0.3) is 0 Å². The molecule has 0 saturated heterocycles. The van der Waals surface area contributed by atoms with E-state index in [0.717, 1.165) is 6.42 Å². The van der Waals surface area contributed by atoms with Crippen molar-refractivity contribution in [3.05, 3.63) is 45.9 Å². The van der Waals surface area contributed by atoms with Crippen LogP contribution in [-0.2, 0) is 6.42 Å². The zero-order chi connectivity index (χ0) is 12.4. The van der Waals surface area contributed by atoms with Gasteiger partial charge in [0, 0.05) is 28.4 Å². The molecule has 2 heterocycles. The number of carbonyl (C=O) groups is 1. The summed E-state index contributed by atoms with van der Waals surface area (Å²) < 4.78 is 1.82. The standard InChI is InChI=1S/C13H15NO2S/c1-9(8-11-6-5-10(2)17-11)14-7-3-4-12(14)13(15)16/h3-7,9H,8H2,1-2H3,(H,15,16). The van der Waals surface area contributed by atoms with E-state index >= 15 is 0 Å². The van der Waals surface area contributed by atoms with E-state index in [2.05, 4.69) is 19.1 Å². The van der Waals surface area contributed by atoms with Gasteiger partial charge in [0.15, 0.2) is 0 Å². The highest BCUT2D eigenvalue weighted by Crippen LogP contribution is 2.22. The third-order valence-corrected chi connectivity index (χ3v) is 3.79. The molecule has 0 amide bonds. The van der Waals surface area contributed by atoms with Gasteiger partial charge in [-0.2, -0.15) is 0 Å². The van der Waals surface area contributed by atoms with Gasteiger partial charge in [-0.3, -0.25) is 0 Å². The van der Waals surface area contributed by atoms with Crippen LogP contribution in [0.4, 0.5) is 0 Å². The molecule has 0 aliphatic carbocycles. The predicted octanol–water partition coefficient (Wildman–Crippen LogP) is 3.36. The molecule has 3 nitrogen and oxygen atoms in total. The lowest BCUT2D eigenvalue weighted by Crippen LogP contribution is -2.13. The lowest BCUT2D eigenvalue weighted by Gasteiger charge is -2.14. The van der Waals surface area contributed by atoms with E-state index in [1.165, 1.54) is 9.75 Å². The lowest BCUT2D eigenvalue weighted by molar-refractivity contribution is 0.0683. The maximum absolute atomic E-state index is 11.0. The maximum Gasteiger partial charge on any atom is 0.352 e. The second-order valence-corrected chi connectivity index (χ2v) is 5.54. The number of nitrogens with zero attached hydrogens (tertiary/aromatic N) is 1. The monoisotopic (exact) mass is 249 g/mol. The number of hydrogen-bond donors (Lipinski definition) is 1. The molecule has 0 saturated carbocycles. The van der Waals surface area contributed by atoms with E-state index < -0.39 is 5.97 Å². The SMILES string of the molecule is Cc1ccc(CC(C)n2cccc2C(=O)O)s1. The summed E-state index contributed by atoms with van der Waals surface area (Å²) in [5, 5.41) is 9.06. The third-order valence-electron chi connectivity index (χ3n) is 2.77. The lowest BCUT2D eigenvalue weighted by atomic mass is 10.2. The van der Waals surface area contributed by atoms with Gasteiger partial charge in [0.25, 0.3) is 0 Å². The summed E-state index contributed by atoms with van der Waals surface area (Å²) in [6, 6.07) is 7.79. The summed E-state index contributed by atoms with van der Waals surface area (Å²) in [6.07, 6.45) is 2.70. The highest BCUT2D eigenvalue weighted by atomic mass is 32.1. The number of aromatic carboxylic acids is 1. The van der Waals surface area contributed by atoms with Gasteiger partial charge < -0.3 is 9.67 Å². The van der Waals surface area contributed by atoms with Gasteiger partial charge in [0.2, 0.25) is 0 Å². The van der Waals surface area contributed by atoms with E-state index in [9.17, 15) is 4.79 Å². The highest BCUT2D eigenvalue weighted by molar-refractivity contribution is 7.11. The summed E-state index contributed by atoms with van der Waals surface area (Å²) in [5.41, 5.74) is 0.353. The van der Waals surface area contributed by atoms with Crippen LogP contribution in [0.2, 0.25) is 0 Å². The van der Waals surface area contributed by atoms with Crippen molar-refractivity contribution in [3.63, 3.8) is 0 Å². The minimum absolute atomic E-state index is 0.161. The smallest absolute Gasteiger partial charge is 0.352 e. The minimum Gasteiger partial charge on any atom is -0.477 e. The molecule has 0 radical (unpaired) electrons. The number of thiophene rings is 1. The number of carboxylic acid groups (broad SMARTS) is 1. The summed E-state index contributed by atoms with van der Waals surface area (Å²) >= 11 is 1.77. The first-order chi connectivity index (χ1) is 8.08. The van der Waals surface area contributed by atoms with Crippen molar-refractivity contribution in [2.45, 2.75) is 26.3 Å².